The van der Waals surface area contributed by atoms with E-state index in [9.17, 15) is 0 Å². The molecular weight excluding hydrogens is 316 g/mol. The number of aromatic nitrogens is 3. The van der Waals surface area contributed by atoms with Crippen molar-refractivity contribution in [3.05, 3.63) is 33.5 Å². The number of fused-ring (bicyclic) bond motifs is 1. The highest BCUT2D eigenvalue weighted by Gasteiger charge is 2.22. The van der Waals surface area contributed by atoms with Gasteiger partial charge >= 0.3 is 0 Å². The standard InChI is InChI=1S/C12H12BrClN4/c1-7-11-16-17-12(18(11)5-4-15-7)9-6-8(14)2-3-10(9)13/h2-3,6-7,15H,4-5H2,1H3. The molecule has 1 unspecified atom stereocenters. The minimum Gasteiger partial charge on any atom is -0.308 e. The summed E-state index contributed by atoms with van der Waals surface area (Å²) in [5, 5.41) is 12.6. The first-order valence-electron chi connectivity index (χ1n) is 5.78. The number of halogens is 2. The second kappa shape index (κ2) is 4.64. The average molecular weight is 328 g/mol. The predicted molar refractivity (Wildman–Crippen MR) is 74.6 cm³/mol. The van der Waals surface area contributed by atoms with Crippen molar-refractivity contribution in [3.8, 4) is 11.4 Å². The molecule has 0 bridgehead atoms. The maximum absolute atomic E-state index is 6.05. The van der Waals surface area contributed by atoms with E-state index in [4.69, 9.17) is 11.6 Å². The van der Waals surface area contributed by atoms with E-state index in [0.717, 1.165) is 34.8 Å². The zero-order chi connectivity index (χ0) is 12.7. The molecule has 1 N–H and O–H groups in total. The van der Waals surface area contributed by atoms with Crippen LogP contribution in [-0.2, 0) is 6.54 Å². The van der Waals surface area contributed by atoms with Crippen molar-refractivity contribution in [2.75, 3.05) is 6.54 Å². The van der Waals surface area contributed by atoms with Crippen molar-refractivity contribution in [1.82, 2.24) is 20.1 Å². The lowest BCUT2D eigenvalue weighted by atomic mass is 10.2. The van der Waals surface area contributed by atoms with Gasteiger partial charge < -0.3 is 9.88 Å². The fourth-order valence-electron chi connectivity index (χ4n) is 2.21. The highest BCUT2D eigenvalue weighted by molar-refractivity contribution is 9.10. The summed E-state index contributed by atoms with van der Waals surface area (Å²) in [7, 11) is 0. The van der Waals surface area contributed by atoms with Gasteiger partial charge in [0.15, 0.2) is 5.82 Å². The van der Waals surface area contributed by atoms with Gasteiger partial charge in [-0.05, 0) is 25.1 Å². The number of hydrogen-bond donors (Lipinski definition) is 1. The molecule has 2 aromatic rings. The van der Waals surface area contributed by atoms with Gasteiger partial charge in [-0.1, -0.05) is 27.5 Å². The Kier molecular flexibility index (Phi) is 3.13. The van der Waals surface area contributed by atoms with E-state index < -0.39 is 0 Å². The summed E-state index contributed by atoms with van der Waals surface area (Å²) >= 11 is 9.59. The molecule has 0 aliphatic carbocycles. The minimum atomic E-state index is 0.234. The lowest BCUT2D eigenvalue weighted by Crippen LogP contribution is -2.32. The first-order valence-corrected chi connectivity index (χ1v) is 6.96. The van der Waals surface area contributed by atoms with E-state index in [0.29, 0.717) is 5.02 Å². The molecule has 0 fully saturated rings. The van der Waals surface area contributed by atoms with E-state index in [1.807, 2.05) is 18.2 Å². The third-order valence-corrected chi connectivity index (χ3v) is 4.05. The molecule has 1 aromatic carbocycles. The lowest BCUT2D eigenvalue weighted by Gasteiger charge is -2.22. The summed E-state index contributed by atoms with van der Waals surface area (Å²) in [6.07, 6.45) is 0. The molecule has 1 aliphatic heterocycles. The van der Waals surface area contributed by atoms with Gasteiger partial charge in [-0.2, -0.15) is 0 Å². The normalized spacial score (nSPS) is 18.7. The smallest absolute Gasteiger partial charge is 0.165 e. The second-order valence-electron chi connectivity index (χ2n) is 4.33. The molecule has 0 saturated carbocycles. The maximum atomic E-state index is 6.05. The van der Waals surface area contributed by atoms with Gasteiger partial charge in [-0.15, -0.1) is 10.2 Å². The van der Waals surface area contributed by atoms with Crippen LogP contribution in [0.1, 0.15) is 18.8 Å². The van der Waals surface area contributed by atoms with Crippen LogP contribution in [-0.4, -0.2) is 21.3 Å². The van der Waals surface area contributed by atoms with E-state index >= 15 is 0 Å². The number of nitrogens with one attached hydrogen (secondary N) is 1. The summed E-state index contributed by atoms with van der Waals surface area (Å²) in [6.45, 7) is 3.90. The van der Waals surface area contributed by atoms with Gasteiger partial charge in [0.1, 0.15) is 5.82 Å². The second-order valence-corrected chi connectivity index (χ2v) is 5.62. The van der Waals surface area contributed by atoms with E-state index in [1.54, 1.807) is 0 Å². The number of nitrogens with zero attached hydrogens (tertiary/aromatic N) is 3. The molecule has 0 amide bonds. The third-order valence-electron chi connectivity index (χ3n) is 3.12. The highest BCUT2D eigenvalue weighted by atomic mass is 79.9. The van der Waals surface area contributed by atoms with Crippen molar-refractivity contribution in [2.24, 2.45) is 0 Å². The number of hydrogen-bond acceptors (Lipinski definition) is 3. The summed E-state index contributed by atoms with van der Waals surface area (Å²) in [6, 6.07) is 5.93. The fraction of sp³-hybridized carbons (Fsp3) is 0.333. The third kappa shape index (κ3) is 1.96. The van der Waals surface area contributed by atoms with Crippen LogP contribution >= 0.6 is 27.5 Å². The molecule has 0 radical (unpaired) electrons. The summed E-state index contributed by atoms with van der Waals surface area (Å²) in [4.78, 5) is 0. The van der Waals surface area contributed by atoms with Crippen molar-refractivity contribution >= 4 is 27.5 Å². The molecule has 2 heterocycles. The van der Waals surface area contributed by atoms with Crippen LogP contribution in [0.5, 0.6) is 0 Å². The molecule has 0 saturated heterocycles. The summed E-state index contributed by atoms with van der Waals surface area (Å²) < 4.78 is 3.13. The molecule has 0 spiro atoms. The average Bonchev–Trinajstić information content (AvgIpc) is 2.77. The van der Waals surface area contributed by atoms with Gasteiger partial charge in [-0.25, -0.2) is 0 Å². The Morgan fingerprint density at radius 3 is 3.11 bits per heavy atom. The zero-order valence-corrected chi connectivity index (χ0v) is 12.2. The first-order chi connectivity index (χ1) is 8.66. The van der Waals surface area contributed by atoms with Crippen molar-refractivity contribution in [3.63, 3.8) is 0 Å². The van der Waals surface area contributed by atoms with Crippen LogP contribution in [0.15, 0.2) is 22.7 Å². The number of rotatable bonds is 1. The molecule has 6 heteroatoms. The van der Waals surface area contributed by atoms with Crippen LogP contribution in [0.2, 0.25) is 5.02 Å². The minimum absolute atomic E-state index is 0.234. The SMILES string of the molecule is CC1NCCn2c(-c3cc(Cl)ccc3Br)nnc21. The van der Waals surface area contributed by atoms with Crippen LogP contribution < -0.4 is 5.32 Å². The number of benzene rings is 1. The molecule has 94 valence electrons. The maximum Gasteiger partial charge on any atom is 0.165 e. The summed E-state index contributed by atoms with van der Waals surface area (Å²) in [5.74, 6) is 1.84. The molecule has 3 rings (SSSR count). The quantitative estimate of drug-likeness (QED) is 0.875. The highest BCUT2D eigenvalue weighted by Crippen LogP contribution is 2.31. The Bertz CT molecular complexity index is 596. The van der Waals surface area contributed by atoms with E-state index in [1.165, 1.54) is 0 Å². The zero-order valence-electron chi connectivity index (χ0n) is 9.82. The Morgan fingerprint density at radius 1 is 1.44 bits per heavy atom. The van der Waals surface area contributed by atoms with Crippen LogP contribution in [0.4, 0.5) is 0 Å². The van der Waals surface area contributed by atoms with Gasteiger partial charge in [0, 0.05) is 28.1 Å². The van der Waals surface area contributed by atoms with Crippen LogP contribution in [0.25, 0.3) is 11.4 Å². The molecule has 1 aromatic heterocycles. The Labute approximate surface area is 118 Å². The first kappa shape index (κ1) is 12.1. The monoisotopic (exact) mass is 326 g/mol. The van der Waals surface area contributed by atoms with Gasteiger partial charge in [0.2, 0.25) is 0 Å². The fourth-order valence-corrected chi connectivity index (χ4v) is 2.80. The molecule has 18 heavy (non-hydrogen) atoms. The van der Waals surface area contributed by atoms with Crippen LogP contribution in [0.3, 0.4) is 0 Å². The predicted octanol–water partition coefficient (Wildman–Crippen LogP) is 3.03. The molecule has 1 aliphatic rings. The Hall–Kier alpha value is -0.910. The van der Waals surface area contributed by atoms with Gasteiger partial charge in [-0.3, -0.25) is 0 Å². The van der Waals surface area contributed by atoms with Crippen molar-refractivity contribution in [2.45, 2.75) is 19.5 Å². The Morgan fingerprint density at radius 2 is 2.28 bits per heavy atom. The van der Waals surface area contributed by atoms with Crippen LogP contribution in [0, 0.1) is 0 Å². The van der Waals surface area contributed by atoms with Gasteiger partial charge in [0.05, 0.1) is 6.04 Å². The van der Waals surface area contributed by atoms with E-state index in [-0.39, 0.29) is 6.04 Å². The Balaban J connectivity index is 2.15. The molecule has 4 nitrogen and oxygen atoms in total. The van der Waals surface area contributed by atoms with E-state index in [2.05, 4.69) is 42.9 Å². The lowest BCUT2D eigenvalue weighted by molar-refractivity contribution is 0.439. The topological polar surface area (TPSA) is 42.7 Å². The van der Waals surface area contributed by atoms with Gasteiger partial charge in [0.25, 0.3) is 0 Å². The molecular formula is C12H12BrClN4. The van der Waals surface area contributed by atoms with Crippen molar-refractivity contribution in [1.29, 1.82) is 0 Å². The largest absolute Gasteiger partial charge is 0.308 e. The van der Waals surface area contributed by atoms with Crippen molar-refractivity contribution < 1.29 is 0 Å². The molecule has 1 atom stereocenters. The summed E-state index contributed by atoms with van der Waals surface area (Å²) in [5.41, 5.74) is 0.982.